The number of alkyl halides is 5. The van der Waals surface area contributed by atoms with Crippen molar-refractivity contribution in [2.45, 2.75) is 33.2 Å². The summed E-state index contributed by atoms with van der Waals surface area (Å²) in [5.74, 6) is -0.868. The second kappa shape index (κ2) is 8.23. The summed E-state index contributed by atoms with van der Waals surface area (Å²) < 4.78 is 73.1. The molecule has 6 nitrogen and oxygen atoms in total. The molecule has 148 valence electrons. The van der Waals surface area contributed by atoms with Gasteiger partial charge in [0.15, 0.2) is 17.2 Å². The lowest BCUT2D eigenvalue weighted by Gasteiger charge is -2.13. The van der Waals surface area contributed by atoms with Crippen LogP contribution in [0.1, 0.15) is 18.3 Å². The average Bonchev–Trinajstić information content (AvgIpc) is 2.91. The molecule has 1 heterocycles. The number of carbonyl (C=O) groups is 1. The summed E-state index contributed by atoms with van der Waals surface area (Å²) in [4.78, 5) is 12.1. The first-order valence-electron chi connectivity index (χ1n) is 7.73. The molecule has 0 radical (unpaired) electrons. The highest BCUT2D eigenvalue weighted by atomic mass is 19.4. The maximum absolute atomic E-state index is 12.7. The van der Waals surface area contributed by atoms with E-state index in [1.807, 2.05) is 0 Å². The topological polar surface area (TPSA) is 65.4 Å². The average molecular weight is 393 g/mol. The Morgan fingerprint density at radius 2 is 1.96 bits per heavy atom. The smallest absolute Gasteiger partial charge is 0.435 e. The third-order valence-electron chi connectivity index (χ3n) is 3.31. The van der Waals surface area contributed by atoms with Gasteiger partial charge in [0, 0.05) is 17.4 Å². The molecule has 0 saturated heterocycles. The van der Waals surface area contributed by atoms with E-state index in [0.29, 0.717) is 0 Å². The van der Waals surface area contributed by atoms with Gasteiger partial charge in [-0.2, -0.15) is 27.1 Å². The van der Waals surface area contributed by atoms with Crippen LogP contribution >= 0.6 is 0 Å². The maximum Gasteiger partial charge on any atom is 0.435 e. The number of ether oxygens (including phenoxy) is 2. The number of aryl methyl sites for hydroxylation is 1. The van der Waals surface area contributed by atoms with Gasteiger partial charge in [-0.05, 0) is 32.0 Å². The number of carbonyl (C=O) groups excluding carboxylic acids is 1. The molecular weight excluding hydrogens is 377 g/mol. The van der Waals surface area contributed by atoms with Crippen molar-refractivity contribution < 1.29 is 36.2 Å². The van der Waals surface area contributed by atoms with Gasteiger partial charge in [-0.15, -0.1) is 0 Å². The van der Waals surface area contributed by atoms with Crippen molar-refractivity contribution in [3.05, 3.63) is 35.7 Å². The number of aromatic nitrogens is 2. The summed E-state index contributed by atoms with van der Waals surface area (Å²) in [6, 6.07) is 4.59. The molecule has 2 aromatic rings. The molecule has 0 aliphatic rings. The van der Waals surface area contributed by atoms with Gasteiger partial charge in [-0.1, -0.05) is 0 Å². The van der Waals surface area contributed by atoms with E-state index in [9.17, 15) is 26.7 Å². The predicted molar refractivity (Wildman–Crippen MR) is 84.8 cm³/mol. The summed E-state index contributed by atoms with van der Waals surface area (Å²) >= 11 is 0. The Morgan fingerprint density at radius 3 is 2.52 bits per heavy atom. The highest BCUT2D eigenvalue weighted by Crippen LogP contribution is 2.32. The van der Waals surface area contributed by atoms with Crippen LogP contribution in [0.5, 0.6) is 11.5 Å². The first-order chi connectivity index (χ1) is 12.6. The van der Waals surface area contributed by atoms with Crippen LogP contribution in [0.2, 0.25) is 0 Å². The van der Waals surface area contributed by atoms with Crippen molar-refractivity contribution in [3.63, 3.8) is 0 Å². The molecule has 1 N–H and O–H groups in total. The van der Waals surface area contributed by atoms with E-state index in [-0.39, 0.29) is 29.5 Å². The van der Waals surface area contributed by atoms with Crippen molar-refractivity contribution >= 4 is 11.6 Å². The van der Waals surface area contributed by atoms with E-state index in [4.69, 9.17) is 4.74 Å². The van der Waals surface area contributed by atoms with E-state index >= 15 is 0 Å². The van der Waals surface area contributed by atoms with Crippen LogP contribution in [0, 0.1) is 6.92 Å². The van der Waals surface area contributed by atoms with E-state index in [1.165, 1.54) is 25.1 Å². The first kappa shape index (κ1) is 20.5. The van der Waals surface area contributed by atoms with Gasteiger partial charge in [0.05, 0.1) is 6.61 Å². The van der Waals surface area contributed by atoms with Crippen molar-refractivity contribution in [2.24, 2.45) is 0 Å². The Hall–Kier alpha value is -2.85. The number of amides is 1. The predicted octanol–water partition coefficient (Wildman–Crippen LogP) is 3.85. The minimum atomic E-state index is -4.61. The molecule has 0 fully saturated rings. The third kappa shape index (κ3) is 5.56. The van der Waals surface area contributed by atoms with E-state index in [0.717, 1.165) is 10.7 Å². The molecule has 0 atom stereocenters. The Morgan fingerprint density at radius 1 is 1.26 bits per heavy atom. The fourth-order valence-electron chi connectivity index (χ4n) is 2.19. The highest BCUT2D eigenvalue weighted by Gasteiger charge is 2.34. The van der Waals surface area contributed by atoms with Gasteiger partial charge in [-0.3, -0.25) is 9.48 Å². The van der Waals surface area contributed by atoms with Gasteiger partial charge in [0.25, 0.3) is 0 Å². The monoisotopic (exact) mass is 393 g/mol. The van der Waals surface area contributed by atoms with Crippen LogP contribution < -0.4 is 14.8 Å². The van der Waals surface area contributed by atoms with E-state index in [2.05, 4.69) is 15.2 Å². The number of nitrogens with zero attached hydrogens (tertiary/aromatic N) is 2. The molecule has 0 aliphatic carbocycles. The zero-order chi connectivity index (χ0) is 20.2. The summed E-state index contributed by atoms with van der Waals surface area (Å²) in [5.41, 5.74) is -0.737. The molecule has 0 unspecified atom stereocenters. The molecule has 0 aliphatic heterocycles. The number of nitrogens with one attached hydrogen (secondary N) is 1. The van der Waals surface area contributed by atoms with Crippen LogP contribution in [0.3, 0.4) is 0 Å². The summed E-state index contributed by atoms with van der Waals surface area (Å²) in [6.07, 6.45) is -4.61. The minimum absolute atomic E-state index is 0.00905. The largest absolute Gasteiger partial charge is 0.490 e. The highest BCUT2D eigenvalue weighted by molar-refractivity contribution is 5.90. The Kier molecular flexibility index (Phi) is 6.24. The van der Waals surface area contributed by atoms with Gasteiger partial charge in [-0.25, -0.2) is 0 Å². The molecule has 27 heavy (non-hydrogen) atoms. The lowest BCUT2D eigenvalue weighted by atomic mass is 10.2. The summed E-state index contributed by atoms with van der Waals surface area (Å²) in [5, 5.41) is 5.80. The Bertz CT molecular complexity index is 805. The number of rotatable bonds is 7. The molecule has 2 rings (SSSR count). The molecular formula is C16H16F5N3O3. The van der Waals surface area contributed by atoms with Gasteiger partial charge >= 0.3 is 12.8 Å². The van der Waals surface area contributed by atoms with Gasteiger partial charge in [0.1, 0.15) is 6.54 Å². The fourth-order valence-corrected chi connectivity index (χ4v) is 2.19. The lowest BCUT2D eigenvalue weighted by Crippen LogP contribution is -2.21. The fraction of sp³-hybridized carbons (Fsp3) is 0.375. The normalized spacial score (nSPS) is 11.6. The van der Waals surface area contributed by atoms with Crippen molar-refractivity contribution in [1.29, 1.82) is 0 Å². The quantitative estimate of drug-likeness (QED) is 0.726. The van der Waals surface area contributed by atoms with Crippen molar-refractivity contribution in [3.8, 4) is 11.5 Å². The molecule has 0 spiro atoms. The molecule has 1 aromatic heterocycles. The van der Waals surface area contributed by atoms with Crippen molar-refractivity contribution in [1.82, 2.24) is 9.78 Å². The zero-order valence-corrected chi connectivity index (χ0v) is 14.3. The first-order valence-corrected chi connectivity index (χ1v) is 7.73. The van der Waals surface area contributed by atoms with Crippen LogP contribution in [0.25, 0.3) is 0 Å². The number of benzene rings is 1. The number of hydrogen-bond acceptors (Lipinski definition) is 4. The standard InChI is InChI=1S/C16H16F5N3O3/c1-3-26-12-7-10(4-5-11(12)27-15(17)18)22-14(25)8-24-9(2)6-13(23-24)16(19,20)21/h4-7,15H,3,8H2,1-2H3,(H,22,25). The zero-order valence-electron chi connectivity index (χ0n) is 14.3. The van der Waals surface area contributed by atoms with Crippen LogP contribution in [0.4, 0.5) is 27.6 Å². The number of hydrogen-bond donors (Lipinski definition) is 1. The van der Waals surface area contributed by atoms with Gasteiger partial charge < -0.3 is 14.8 Å². The maximum atomic E-state index is 12.7. The van der Waals surface area contributed by atoms with Gasteiger partial charge in [0.2, 0.25) is 5.91 Å². The Balaban J connectivity index is 2.11. The van der Waals surface area contributed by atoms with Crippen molar-refractivity contribution in [2.75, 3.05) is 11.9 Å². The third-order valence-corrected chi connectivity index (χ3v) is 3.31. The second-order valence-electron chi connectivity index (χ2n) is 5.35. The Labute approximate surface area is 150 Å². The molecule has 0 saturated carbocycles. The number of halogens is 5. The van der Waals surface area contributed by atoms with Crippen LogP contribution in [0.15, 0.2) is 24.3 Å². The summed E-state index contributed by atoms with van der Waals surface area (Å²) in [6.45, 7) is -0.310. The molecule has 1 amide bonds. The second-order valence-corrected chi connectivity index (χ2v) is 5.35. The van der Waals surface area contributed by atoms with Crippen LogP contribution in [-0.4, -0.2) is 28.9 Å². The van der Waals surface area contributed by atoms with Crippen LogP contribution in [-0.2, 0) is 17.5 Å². The SMILES string of the molecule is CCOc1cc(NC(=O)Cn2nc(C(F)(F)F)cc2C)ccc1OC(F)F. The minimum Gasteiger partial charge on any atom is -0.490 e. The van der Waals surface area contributed by atoms with E-state index in [1.54, 1.807) is 6.92 Å². The molecule has 1 aromatic carbocycles. The lowest BCUT2D eigenvalue weighted by molar-refractivity contribution is -0.141. The van der Waals surface area contributed by atoms with E-state index < -0.39 is 30.9 Å². The summed E-state index contributed by atoms with van der Waals surface area (Å²) in [7, 11) is 0. The molecule has 0 bridgehead atoms. The molecule has 11 heteroatoms. The number of anilines is 1.